The van der Waals surface area contributed by atoms with E-state index in [1.807, 2.05) is 0 Å². The first-order valence-corrected chi connectivity index (χ1v) is 8.07. The van der Waals surface area contributed by atoms with Gasteiger partial charge in [-0.25, -0.2) is 0 Å². The lowest BCUT2D eigenvalue weighted by molar-refractivity contribution is -0.143. The third kappa shape index (κ3) is 2.84. The Hall–Kier alpha value is -0.120. The van der Waals surface area contributed by atoms with E-state index in [-0.39, 0.29) is 11.1 Å². The smallest absolute Gasteiger partial charge is 0.0670 e. The zero-order valence-electron chi connectivity index (χ0n) is 13.2. The van der Waals surface area contributed by atoms with Crippen LogP contribution in [-0.2, 0) is 4.74 Å². The quantitative estimate of drug-likeness (QED) is 0.855. The molecule has 2 fully saturated rings. The number of hydrogen-bond acceptors (Lipinski definition) is 3. The summed E-state index contributed by atoms with van der Waals surface area (Å²) in [6.07, 6.45) is 5.93. The highest BCUT2D eigenvalue weighted by Crippen LogP contribution is 2.41. The fraction of sp³-hybridized carbons (Fsp3) is 1.00. The van der Waals surface area contributed by atoms with Crippen molar-refractivity contribution in [2.24, 2.45) is 11.7 Å². The molecule has 0 aromatic carbocycles. The molecule has 19 heavy (non-hydrogen) atoms. The SMILES string of the molecule is CCC1(C)CC(CN)(N2CCCC(C)C2C)CCO1. The molecule has 0 bridgehead atoms. The van der Waals surface area contributed by atoms with Gasteiger partial charge in [0.1, 0.15) is 0 Å². The molecule has 0 spiro atoms. The van der Waals surface area contributed by atoms with Gasteiger partial charge >= 0.3 is 0 Å². The Bertz CT molecular complexity index is 309. The summed E-state index contributed by atoms with van der Waals surface area (Å²) in [5.41, 5.74) is 6.43. The molecule has 2 rings (SSSR count). The van der Waals surface area contributed by atoms with Crippen LogP contribution in [0.15, 0.2) is 0 Å². The van der Waals surface area contributed by atoms with Crippen molar-refractivity contribution in [2.75, 3.05) is 19.7 Å². The lowest BCUT2D eigenvalue weighted by atomic mass is 9.75. The summed E-state index contributed by atoms with van der Waals surface area (Å²) in [6, 6.07) is 0.650. The highest BCUT2D eigenvalue weighted by Gasteiger charge is 2.47. The van der Waals surface area contributed by atoms with E-state index >= 15 is 0 Å². The molecule has 2 N–H and O–H groups in total. The number of nitrogens with zero attached hydrogens (tertiary/aromatic N) is 1. The Labute approximate surface area is 118 Å². The number of rotatable bonds is 3. The van der Waals surface area contributed by atoms with Gasteiger partial charge in [-0.2, -0.15) is 0 Å². The fourth-order valence-corrected chi connectivity index (χ4v) is 4.09. The van der Waals surface area contributed by atoms with Gasteiger partial charge in [-0.3, -0.25) is 4.90 Å². The van der Waals surface area contributed by atoms with Crippen molar-refractivity contribution in [3.05, 3.63) is 0 Å². The minimum atomic E-state index is 0.0119. The van der Waals surface area contributed by atoms with E-state index in [9.17, 15) is 0 Å². The van der Waals surface area contributed by atoms with Crippen LogP contribution in [0.3, 0.4) is 0 Å². The lowest BCUT2D eigenvalue weighted by Crippen LogP contribution is -2.65. The average Bonchev–Trinajstić information content (AvgIpc) is 2.42. The molecular weight excluding hydrogens is 236 g/mol. The van der Waals surface area contributed by atoms with E-state index in [1.165, 1.54) is 19.4 Å². The minimum absolute atomic E-state index is 0.0119. The first kappa shape index (κ1) is 15.3. The van der Waals surface area contributed by atoms with Gasteiger partial charge < -0.3 is 10.5 Å². The van der Waals surface area contributed by atoms with Crippen LogP contribution in [0.2, 0.25) is 0 Å². The summed E-state index contributed by atoms with van der Waals surface area (Å²) in [4.78, 5) is 2.72. The molecule has 2 aliphatic rings. The Morgan fingerprint density at radius 2 is 2.11 bits per heavy atom. The monoisotopic (exact) mass is 268 g/mol. The number of ether oxygens (including phenoxy) is 1. The van der Waals surface area contributed by atoms with Gasteiger partial charge in [0.25, 0.3) is 0 Å². The molecule has 112 valence electrons. The van der Waals surface area contributed by atoms with Crippen molar-refractivity contribution >= 4 is 0 Å². The standard InChI is InChI=1S/C16H32N2O/c1-5-15(4)11-16(12-17,8-10-19-15)18-9-6-7-13(2)14(18)3/h13-14H,5-12,17H2,1-4H3. The third-order valence-corrected chi connectivity index (χ3v) is 5.83. The number of likely N-dealkylation sites (tertiary alicyclic amines) is 1. The molecule has 2 aliphatic heterocycles. The van der Waals surface area contributed by atoms with Crippen LogP contribution in [0, 0.1) is 5.92 Å². The highest BCUT2D eigenvalue weighted by atomic mass is 16.5. The summed E-state index contributed by atoms with van der Waals surface area (Å²) >= 11 is 0. The maximum absolute atomic E-state index is 6.26. The second-order valence-corrected chi connectivity index (χ2v) is 7.06. The zero-order valence-corrected chi connectivity index (χ0v) is 13.2. The third-order valence-electron chi connectivity index (χ3n) is 5.83. The first-order valence-electron chi connectivity index (χ1n) is 8.07. The highest BCUT2D eigenvalue weighted by molar-refractivity contribution is 5.03. The van der Waals surface area contributed by atoms with E-state index in [4.69, 9.17) is 10.5 Å². The van der Waals surface area contributed by atoms with Gasteiger partial charge in [0.2, 0.25) is 0 Å². The van der Waals surface area contributed by atoms with Crippen LogP contribution < -0.4 is 5.73 Å². The molecule has 0 radical (unpaired) electrons. The van der Waals surface area contributed by atoms with Gasteiger partial charge in [0.15, 0.2) is 0 Å². The Kier molecular flexibility index (Phi) is 4.59. The molecule has 0 saturated carbocycles. The fourth-order valence-electron chi connectivity index (χ4n) is 4.09. The molecule has 0 amide bonds. The van der Waals surface area contributed by atoms with E-state index in [0.29, 0.717) is 6.04 Å². The predicted octanol–water partition coefficient (Wildman–Crippen LogP) is 2.78. The van der Waals surface area contributed by atoms with Crippen LogP contribution in [0.5, 0.6) is 0 Å². The number of nitrogens with two attached hydrogens (primary N) is 1. The van der Waals surface area contributed by atoms with Gasteiger partial charge in [-0.05, 0) is 58.4 Å². The largest absolute Gasteiger partial charge is 0.375 e. The molecule has 2 heterocycles. The van der Waals surface area contributed by atoms with E-state index in [1.54, 1.807) is 0 Å². The number of hydrogen-bond donors (Lipinski definition) is 1. The summed E-state index contributed by atoms with van der Waals surface area (Å²) < 4.78 is 6.04. The van der Waals surface area contributed by atoms with Crippen molar-refractivity contribution in [2.45, 2.75) is 77.0 Å². The van der Waals surface area contributed by atoms with Crippen LogP contribution >= 0.6 is 0 Å². The minimum Gasteiger partial charge on any atom is -0.375 e. The Balaban J connectivity index is 2.21. The average molecular weight is 268 g/mol. The first-order chi connectivity index (χ1) is 8.96. The molecule has 0 aliphatic carbocycles. The second-order valence-electron chi connectivity index (χ2n) is 7.06. The summed E-state index contributed by atoms with van der Waals surface area (Å²) in [6.45, 7) is 12.1. The van der Waals surface area contributed by atoms with E-state index in [2.05, 4.69) is 32.6 Å². The lowest BCUT2D eigenvalue weighted by Gasteiger charge is -2.56. The Morgan fingerprint density at radius 1 is 1.37 bits per heavy atom. The number of piperidine rings is 1. The molecule has 0 aromatic rings. The van der Waals surface area contributed by atoms with Crippen LogP contribution in [0.25, 0.3) is 0 Å². The maximum atomic E-state index is 6.26. The summed E-state index contributed by atoms with van der Waals surface area (Å²) in [5.74, 6) is 0.785. The molecule has 4 atom stereocenters. The van der Waals surface area contributed by atoms with Crippen molar-refractivity contribution in [3.8, 4) is 0 Å². The molecule has 3 heteroatoms. The van der Waals surface area contributed by atoms with Crippen molar-refractivity contribution in [3.63, 3.8) is 0 Å². The summed E-state index contributed by atoms with van der Waals surface area (Å²) in [7, 11) is 0. The molecule has 2 saturated heterocycles. The van der Waals surface area contributed by atoms with Crippen molar-refractivity contribution in [1.29, 1.82) is 0 Å². The second kappa shape index (κ2) is 5.71. The van der Waals surface area contributed by atoms with Crippen molar-refractivity contribution < 1.29 is 4.74 Å². The van der Waals surface area contributed by atoms with Crippen LogP contribution in [-0.4, -0.2) is 41.8 Å². The zero-order chi connectivity index (χ0) is 14.1. The maximum Gasteiger partial charge on any atom is 0.0670 e. The molecular formula is C16H32N2O. The van der Waals surface area contributed by atoms with Crippen LogP contribution in [0.4, 0.5) is 0 Å². The van der Waals surface area contributed by atoms with E-state index in [0.717, 1.165) is 38.3 Å². The van der Waals surface area contributed by atoms with Gasteiger partial charge in [-0.15, -0.1) is 0 Å². The van der Waals surface area contributed by atoms with Crippen molar-refractivity contribution in [1.82, 2.24) is 4.90 Å². The molecule has 4 unspecified atom stereocenters. The Morgan fingerprint density at radius 3 is 2.74 bits per heavy atom. The predicted molar refractivity (Wildman–Crippen MR) is 80.2 cm³/mol. The summed E-state index contributed by atoms with van der Waals surface area (Å²) in [5, 5.41) is 0. The van der Waals surface area contributed by atoms with Gasteiger partial charge in [0.05, 0.1) is 5.60 Å². The molecule has 0 aromatic heterocycles. The normalized spacial score (nSPS) is 45.3. The van der Waals surface area contributed by atoms with Crippen LogP contribution in [0.1, 0.15) is 59.8 Å². The topological polar surface area (TPSA) is 38.5 Å². The van der Waals surface area contributed by atoms with Gasteiger partial charge in [0, 0.05) is 24.7 Å². The van der Waals surface area contributed by atoms with E-state index < -0.39 is 0 Å². The molecule has 3 nitrogen and oxygen atoms in total. The van der Waals surface area contributed by atoms with Gasteiger partial charge in [-0.1, -0.05) is 13.8 Å².